The maximum atomic E-state index is 10.1. The molecule has 0 amide bonds. The summed E-state index contributed by atoms with van der Waals surface area (Å²) in [7, 11) is 2.06. The van der Waals surface area contributed by atoms with Crippen molar-refractivity contribution < 1.29 is 9.84 Å². The molecule has 1 N–H and O–H groups in total. The average Bonchev–Trinajstić information content (AvgIpc) is 2.99. The highest BCUT2D eigenvalue weighted by molar-refractivity contribution is 5.42. The number of aliphatic hydroxyl groups excluding tert-OH is 1. The van der Waals surface area contributed by atoms with Gasteiger partial charge in [0, 0.05) is 12.6 Å². The van der Waals surface area contributed by atoms with Gasteiger partial charge in [-0.2, -0.15) is 5.26 Å². The summed E-state index contributed by atoms with van der Waals surface area (Å²) in [5.41, 5.74) is 0.504. The van der Waals surface area contributed by atoms with Crippen molar-refractivity contribution >= 4 is 0 Å². The van der Waals surface area contributed by atoms with Gasteiger partial charge in [0.15, 0.2) is 0 Å². The van der Waals surface area contributed by atoms with Crippen LogP contribution in [0.4, 0.5) is 0 Å². The van der Waals surface area contributed by atoms with Crippen LogP contribution < -0.4 is 4.74 Å². The summed E-state index contributed by atoms with van der Waals surface area (Å²) in [6.45, 7) is 0.829. The first-order chi connectivity index (χ1) is 9.70. The Bertz CT molecular complexity index is 464. The van der Waals surface area contributed by atoms with Gasteiger partial charge < -0.3 is 14.7 Å². The van der Waals surface area contributed by atoms with Gasteiger partial charge in [-0.3, -0.25) is 0 Å². The van der Waals surface area contributed by atoms with Crippen LogP contribution in [0, 0.1) is 11.3 Å². The highest BCUT2D eigenvalue weighted by atomic mass is 16.5. The zero-order chi connectivity index (χ0) is 14.4. The third-order valence-corrected chi connectivity index (χ3v) is 3.89. The topological polar surface area (TPSA) is 56.5 Å². The molecule has 4 heteroatoms. The van der Waals surface area contributed by atoms with Crippen LogP contribution in [0.1, 0.15) is 31.2 Å². The molecule has 0 bridgehead atoms. The van der Waals surface area contributed by atoms with E-state index in [9.17, 15) is 5.11 Å². The molecule has 1 aromatic carbocycles. The minimum Gasteiger partial charge on any atom is -0.489 e. The fourth-order valence-corrected chi connectivity index (χ4v) is 2.75. The average molecular weight is 274 g/mol. The minimum absolute atomic E-state index is 0.218. The zero-order valence-corrected chi connectivity index (χ0v) is 12.0. The van der Waals surface area contributed by atoms with Crippen molar-refractivity contribution in [3.8, 4) is 11.8 Å². The number of hydrogen-bond donors (Lipinski definition) is 1. The highest BCUT2D eigenvalue weighted by Gasteiger charge is 2.21. The third-order valence-electron chi connectivity index (χ3n) is 3.89. The minimum atomic E-state index is -0.535. The summed E-state index contributed by atoms with van der Waals surface area (Å²) in [5.74, 6) is 0.539. The van der Waals surface area contributed by atoms with E-state index in [1.165, 1.54) is 25.7 Å². The van der Waals surface area contributed by atoms with Gasteiger partial charge in [-0.25, -0.2) is 0 Å². The predicted molar refractivity (Wildman–Crippen MR) is 77.5 cm³/mol. The van der Waals surface area contributed by atoms with E-state index >= 15 is 0 Å². The lowest BCUT2D eigenvalue weighted by molar-refractivity contribution is 0.0637. The normalized spacial score (nSPS) is 17.1. The molecule has 20 heavy (non-hydrogen) atoms. The second-order valence-corrected chi connectivity index (χ2v) is 5.45. The SMILES string of the molecule is CN(CC(O)COc1ccccc1C#N)C1CCCC1. The monoisotopic (exact) mass is 274 g/mol. The second kappa shape index (κ2) is 7.28. The lowest BCUT2D eigenvalue weighted by Gasteiger charge is -2.26. The molecule has 4 nitrogen and oxygen atoms in total. The van der Waals surface area contributed by atoms with Gasteiger partial charge in [-0.15, -0.1) is 0 Å². The number of benzene rings is 1. The summed E-state index contributed by atoms with van der Waals surface area (Å²) in [6.07, 6.45) is 4.49. The molecule has 2 rings (SSSR count). The van der Waals surface area contributed by atoms with Gasteiger partial charge in [0.25, 0.3) is 0 Å². The van der Waals surface area contributed by atoms with Gasteiger partial charge in [0.1, 0.15) is 24.5 Å². The van der Waals surface area contributed by atoms with Crippen molar-refractivity contribution in [3.63, 3.8) is 0 Å². The zero-order valence-electron chi connectivity index (χ0n) is 12.0. The molecular weight excluding hydrogens is 252 g/mol. The van der Waals surface area contributed by atoms with Crippen LogP contribution in [0.25, 0.3) is 0 Å². The first-order valence-electron chi connectivity index (χ1n) is 7.21. The van der Waals surface area contributed by atoms with Crippen molar-refractivity contribution in [2.24, 2.45) is 0 Å². The number of hydrogen-bond acceptors (Lipinski definition) is 4. The number of likely N-dealkylation sites (N-methyl/N-ethyl adjacent to an activating group) is 1. The van der Waals surface area contributed by atoms with Gasteiger partial charge in [-0.1, -0.05) is 25.0 Å². The number of nitriles is 1. The van der Waals surface area contributed by atoms with Gasteiger partial charge in [0.2, 0.25) is 0 Å². The number of ether oxygens (including phenoxy) is 1. The Balaban J connectivity index is 1.80. The smallest absolute Gasteiger partial charge is 0.137 e. The molecule has 0 spiro atoms. The second-order valence-electron chi connectivity index (χ2n) is 5.45. The van der Waals surface area contributed by atoms with E-state index in [2.05, 4.69) is 18.0 Å². The quantitative estimate of drug-likeness (QED) is 0.863. The molecule has 1 atom stereocenters. The number of rotatable bonds is 6. The van der Waals surface area contributed by atoms with Crippen molar-refractivity contribution in [2.75, 3.05) is 20.2 Å². The molecule has 0 aromatic heterocycles. The first-order valence-corrected chi connectivity index (χ1v) is 7.21. The van der Waals surface area contributed by atoms with Crippen LogP contribution >= 0.6 is 0 Å². The van der Waals surface area contributed by atoms with E-state index in [4.69, 9.17) is 10.00 Å². The summed E-state index contributed by atoms with van der Waals surface area (Å²) in [5, 5.41) is 19.0. The predicted octanol–water partition coefficient (Wildman–Crippen LogP) is 2.17. The molecule has 1 unspecified atom stereocenters. The Morgan fingerprint density at radius 2 is 2.10 bits per heavy atom. The van der Waals surface area contributed by atoms with Crippen LogP contribution in [0.15, 0.2) is 24.3 Å². The molecule has 0 saturated heterocycles. The van der Waals surface area contributed by atoms with Crippen LogP contribution in [-0.4, -0.2) is 42.4 Å². The lowest BCUT2D eigenvalue weighted by Crippen LogP contribution is -2.38. The molecule has 1 aliphatic rings. The molecule has 0 radical (unpaired) electrons. The van der Waals surface area contributed by atoms with Crippen molar-refractivity contribution in [1.82, 2.24) is 4.90 Å². The molecule has 1 fully saturated rings. The first kappa shape index (κ1) is 14.8. The molecule has 0 aliphatic heterocycles. The Morgan fingerprint density at radius 3 is 2.80 bits per heavy atom. The molecule has 0 heterocycles. The molecule has 1 saturated carbocycles. The Kier molecular flexibility index (Phi) is 5.40. The molecule has 1 aromatic rings. The van der Waals surface area contributed by atoms with E-state index in [-0.39, 0.29) is 6.61 Å². The maximum Gasteiger partial charge on any atom is 0.137 e. The number of aliphatic hydroxyl groups is 1. The van der Waals surface area contributed by atoms with E-state index in [0.29, 0.717) is 23.9 Å². The van der Waals surface area contributed by atoms with Gasteiger partial charge in [0.05, 0.1) is 5.56 Å². The van der Waals surface area contributed by atoms with E-state index in [0.717, 1.165) is 0 Å². The van der Waals surface area contributed by atoms with E-state index < -0.39 is 6.10 Å². The fraction of sp³-hybridized carbons (Fsp3) is 0.562. The highest BCUT2D eigenvalue weighted by Crippen LogP contribution is 2.22. The van der Waals surface area contributed by atoms with Crippen molar-refractivity contribution in [3.05, 3.63) is 29.8 Å². The summed E-state index contributed by atoms with van der Waals surface area (Å²) >= 11 is 0. The molecular formula is C16H22N2O2. The van der Waals surface area contributed by atoms with Crippen molar-refractivity contribution in [2.45, 2.75) is 37.8 Å². The van der Waals surface area contributed by atoms with Crippen LogP contribution in [0.5, 0.6) is 5.75 Å². The molecule has 1 aliphatic carbocycles. The van der Waals surface area contributed by atoms with E-state index in [1.807, 2.05) is 6.07 Å². The number of para-hydroxylation sites is 1. The Labute approximate surface area is 120 Å². The molecule has 108 valence electrons. The van der Waals surface area contributed by atoms with Crippen molar-refractivity contribution in [1.29, 1.82) is 5.26 Å². The van der Waals surface area contributed by atoms with Crippen LogP contribution in [0.3, 0.4) is 0 Å². The fourth-order valence-electron chi connectivity index (χ4n) is 2.75. The summed E-state index contributed by atoms with van der Waals surface area (Å²) < 4.78 is 5.55. The third kappa shape index (κ3) is 3.96. The summed E-state index contributed by atoms with van der Waals surface area (Å²) in [6, 6.07) is 9.78. The van der Waals surface area contributed by atoms with Crippen LogP contribution in [0.2, 0.25) is 0 Å². The largest absolute Gasteiger partial charge is 0.489 e. The maximum absolute atomic E-state index is 10.1. The summed E-state index contributed by atoms with van der Waals surface area (Å²) in [4.78, 5) is 2.22. The Hall–Kier alpha value is -1.57. The van der Waals surface area contributed by atoms with Gasteiger partial charge in [-0.05, 0) is 32.0 Å². The van der Waals surface area contributed by atoms with Gasteiger partial charge >= 0.3 is 0 Å². The standard InChI is InChI=1S/C16H22N2O2/c1-18(14-7-3-4-8-14)11-15(19)12-20-16-9-5-2-6-13(16)10-17/h2,5-6,9,14-15,19H,3-4,7-8,11-12H2,1H3. The lowest BCUT2D eigenvalue weighted by atomic mass is 10.2. The Morgan fingerprint density at radius 1 is 1.40 bits per heavy atom. The van der Waals surface area contributed by atoms with E-state index in [1.54, 1.807) is 18.2 Å². The van der Waals surface area contributed by atoms with Crippen LogP contribution in [-0.2, 0) is 0 Å². The number of nitrogens with zero attached hydrogens (tertiary/aromatic N) is 2.